The number of hydrogen-bond donors (Lipinski definition) is 1. The van der Waals surface area contributed by atoms with Gasteiger partial charge in [-0.3, -0.25) is 4.55 Å². The molecule has 3 rings (SSSR count). The highest BCUT2D eigenvalue weighted by Gasteiger charge is 2.14. The Labute approximate surface area is 180 Å². The molecule has 0 atom stereocenters. The number of nitrogens with zero attached hydrogens (tertiary/aromatic N) is 4. The lowest BCUT2D eigenvalue weighted by molar-refractivity contribution is -0.696. The Bertz CT molecular complexity index is 1130. The van der Waals surface area contributed by atoms with Crippen molar-refractivity contribution in [1.29, 1.82) is 0 Å². The van der Waals surface area contributed by atoms with Crippen LogP contribution in [0.15, 0.2) is 53.5 Å². The van der Waals surface area contributed by atoms with Crippen molar-refractivity contribution in [2.75, 3.05) is 17.8 Å². The average Bonchev–Trinajstić information content (AvgIpc) is 3.17. The molecule has 0 aromatic carbocycles. The fourth-order valence-electron chi connectivity index (χ4n) is 2.89. The topological polar surface area (TPSA) is 135 Å². The maximum absolute atomic E-state index is 11.2. The Morgan fingerprint density at radius 3 is 1.61 bits per heavy atom. The number of rotatable bonds is 10. The molecule has 3 aromatic rings. The van der Waals surface area contributed by atoms with Crippen molar-refractivity contribution in [3.05, 3.63) is 49.1 Å². The van der Waals surface area contributed by atoms with Crippen LogP contribution in [0.4, 0.5) is 0 Å². The van der Waals surface area contributed by atoms with Crippen LogP contribution in [0.2, 0.25) is 0 Å². The highest BCUT2D eigenvalue weighted by molar-refractivity contribution is 7.90. The van der Waals surface area contributed by atoms with Crippen molar-refractivity contribution in [1.82, 2.24) is 10.2 Å². The van der Waals surface area contributed by atoms with E-state index in [2.05, 4.69) is 10.2 Å². The second-order valence-electron chi connectivity index (χ2n) is 7.18. The molecule has 31 heavy (non-hydrogen) atoms. The third kappa shape index (κ3) is 7.49. The van der Waals surface area contributed by atoms with Gasteiger partial charge in [0.1, 0.15) is 22.9 Å². The molecule has 166 valence electrons. The standard InChI is InChI=1S/C19H23N4O6S2/c1-30(24,25)14-2-8-22-10-4-16(5-11-22)18-20-21-19(29-18)17-6-12-23(13-7-17)9-3-15-31(26,27)28/h4-7,10-13H,2-3,8-9,14-15H2,1H3/q+1/p+1. The highest BCUT2D eigenvalue weighted by atomic mass is 32.2. The molecule has 0 spiro atoms. The first kappa shape index (κ1) is 23.0. The summed E-state index contributed by atoms with van der Waals surface area (Å²) in [6.45, 7) is 1.04. The summed E-state index contributed by atoms with van der Waals surface area (Å²) >= 11 is 0. The van der Waals surface area contributed by atoms with Crippen LogP contribution in [0.1, 0.15) is 12.8 Å². The monoisotopic (exact) mass is 468 g/mol. The first-order valence-corrected chi connectivity index (χ1v) is 13.2. The van der Waals surface area contributed by atoms with Crippen LogP contribution in [-0.2, 0) is 33.0 Å². The largest absolute Gasteiger partial charge is 0.416 e. The average molecular weight is 469 g/mol. The molecule has 1 N–H and O–H groups in total. The van der Waals surface area contributed by atoms with E-state index in [1.807, 2.05) is 29.1 Å². The Hall–Kier alpha value is -2.70. The van der Waals surface area contributed by atoms with Crippen LogP contribution in [-0.4, -0.2) is 49.3 Å². The minimum absolute atomic E-state index is 0.145. The summed E-state index contributed by atoms with van der Waals surface area (Å²) in [4.78, 5) is 0. The van der Waals surface area contributed by atoms with Crippen molar-refractivity contribution in [3.8, 4) is 22.9 Å². The normalized spacial score (nSPS) is 12.2. The molecule has 3 heterocycles. The quantitative estimate of drug-likeness (QED) is 0.339. The zero-order valence-corrected chi connectivity index (χ0v) is 18.6. The Morgan fingerprint density at radius 1 is 0.806 bits per heavy atom. The van der Waals surface area contributed by atoms with Gasteiger partial charge in [0.05, 0.1) is 22.6 Å². The molecule has 12 heteroatoms. The second-order valence-corrected chi connectivity index (χ2v) is 11.0. The number of hydrogen-bond acceptors (Lipinski definition) is 7. The summed E-state index contributed by atoms with van der Waals surface area (Å²) in [6, 6.07) is 7.22. The van der Waals surface area contributed by atoms with Crippen LogP contribution < -0.4 is 9.13 Å². The molecule has 0 aliphatic heterocycles. The van der Waals surface area contributed by atoms with E-state index >= 15 is 0 Å². The number of pyridine rings is 2. The fourth-order valence-corrected chi connectivity index (χ4v) is 4.04. The van der Waals surface area contributed by atoms with Crippen LogP contribution >= 0.6 is 0 Å². The predicted octanol–water partition coefficient (Wildman–Crippen LogP) is 0.691. The lowest BCUT2D eigenvalue weighted by Crippen LogP contribution is -2.33. The molecule has 0 radical (unpaired) electrons. The van der Waals surface area contributed by atoms with Gasteiger partial charge in [-0.2, -0.15) is 8.42 Å². The van der Waals surface area contributed by atoms with Gasteiger partial charge in [-0.1, -0.05) is 0 Å². The maximum Gasteiger partial charge on any atom is 0.265 e. The highest BCUT2D eigenvalue weighted by Crippen LogP contribution is 2.22. The zero-order chi connectivity index (χ0) is 22.5. The molecule has 0 saturated carbocycles. The van der Waals surface area contributed by atoms with Gasteiger partial charge in [-0.05, 0) is 0 Å². The third-order valence-electron chi connectivity index (χ3n) is 4.45. The minimum Gasteiger partial charge on any atom is -0.416 e. The molecule has 0 aliphatic rings. The number of sulfone groups is 1. The molecule has 0 unspecified atom stereocenters. The van der Waals surface area contributed by atoms with Crippen molar-refractivity contribution in [2.45, 2.75) is 25.9 Å². The molecule has 0 bridgehead atoms. The van der Waals surface area contributed by atoms with Gasteiger partial charge >= 0.3 is 0 Å². The molecule has 0 saturated heterocycles. The molecule has 0 fully saturated rings. The first-order chi connectivity index (χ1) is 14.6. The minimum atomic E-state index is -3.95. The van der Waals surface area contributed by atoms with E-state index in [-0.39, 0.29) is 11.5 Å². The maximum atomic E-state index is 11.2. The molecular weight excluding hydrogens is 444 g/mol. The lowest BCUT2D eigenvalue weighted by atomic mass is 10.2. The van der Waals surface area contributed by atoms with Crippen LogP contribution in [0.3, 0.4) is 0 Å². The second kappa shape index (κ2) is 9.62. The van der Waals surface area contributed by atoms with Gasteiger partial charge in [0, 0.05) is 43.4 Å². The summed E-state index contributed by atoms with van der Waals surface area (Å²) < 4.78 is 62.2. The van der Waals surface area contributed by atoms with Gasteiger partial charge in [-0.15, -0.1) is 10.2 Å². The molecule has 0 aliphatic carbocycles. The Balaban J connectivity index is 1.60. The van der Waals surface area contributed by atoms with E-state index in [1.54, 1.807) is 29.1 Å². The molecule has 0 amide bonds. The van der Waals surface area contributed by atoms with Crippen molar-refractivity contribution in [3.63, 3.8) is 0 Å². The van der Waals surface area contributed by atoms with E-state index in [0.29, 0.717) is 37.7 Å². The summed E-state index contributed by atoms with van der Waals surface area (Å²) in [5, 5.41) is 8.15. The fraction of sp³-hybridized carbons (Fsp3) is 0.368. The van der Waals surface area contributed by atoms with Crippen LogP contribution in [0.25, 0.3) is 22.9 Å². The van der Waals surface area contributed by atoms with E-state index in [4.69, 9.17) is 8.97 Å². The van der Waals surface area contributed by atoms with E-state index in [0.717, 1.165) is 11.1 Å². The molecule has 3 aromatic heterocycles. The Kier molecular flexibility index (Phi) is 7.13. The zero-order valence-electron chi connectivity index (χ0n) is 17.0. The van der Waals surface area contributed by atoms with E-state index in [9.17, 15) is 16.8 Å². The Morgan fingerprint density at radius 2 is 1.23 bits per heavy atom. The van der Waals surface area contributed by atoms with Crippen LogP contribution in [0.5, 0.6) is 0 Å². The first-order valence-electron chi connectivity index (χ1n) is 9.54. The summed E-state index contributed by atoms with van der Waals surface area (Å²) in [5.74, 6) is 0.573. The SMILES string of the molecule is CS(=O)(=O)CCC[n+]1ccc(-c2nnc(-c3cc[n+](CCCS(=O)(=O)O)cc3)o2)cc1. The number of aromatic nitrogens is 4. The van der Waals surface area contributed by atoms with Gasteiger partial charge in [0.25, 0.3) is 10.1 Å². The van der Waals surface area contributed by atoms with Crippen molar-refractivity contribution in [2.24, 2.45) is 0 Å². The third-order valence-corrected chi connectivity index (χ3v) is 6.29. The lowest BCUT2D eigenvalue weighted by Gasteiger charge is -1.98. The van der Waals surface area contributed by atoms with Gasteiger partial charge < -0.3 is 4.42 Å². The van der Waals surface area contributed by atoms with Crippen LogP contribution in [0, 0.1) is 0 Å². The van der Waals surface area contributed by atoms with Crippen molar-refractivity contribution < 1.29 is 34.9 Å². The summed E-state index contributed by atoms with van der Waals surface area (Å²) in [6.07, 6.45) is 9.27. The summed E-state index contributed by atoms with van der Waals surface area (Å²) in [5.41, 5.74) is 1.46. The molecular formula is C19H24N4O6S2+2. The summed E-state index contributed by atoms with van der Waals surface area (Å²) in [7, 11) is -6.92. The van der Waals surface area contributed by atoms with Crippen molar-refractivity contribution >= 4 is 20.0 Å². The van der Waals surface area contributed by atoms with E-state index < -0.39 is 20.0 Å². The van der Waals surface area contributed by atoms with Gasteiger partial charge in [0.2, 0.25) is 11.8 Å². The van der Waals surface area contributed by atoms with E-state index in [1.165, 1.54) is 6.26 Å². The number of aryl methyl sites for hydroxylation is 2. The molecule has 10 nitrogen and oxygen atoms in total. The predicted molar refractivity (Wildman–Crippen MR) is 111 cm³/mol. The van der Waals surface area contributed by atoms with Gasteiger partial charge in [-0.25, -0.2) is 17.6 Å². The van der Waals surface area contributed by atoms with Gasteiger partial charge in [0.15, 0.2) is 24.8 Å². The smallest absolute Gasteiger partial charge is 0.265 e.